The van der Waals surface area contributed by atoms with Gasteiger partial charge in [-0.2, -0.15) is 12.7 Å². The second-order valence-corrected chi connectivity index (χ2v) is 5.22. The molecule has 0 bridgehead atoms. The molecule has 2 aliphatic heterocycles. The van der Waals surface area contributed by atoms with Gasteiger partial charge in [0.25, 0.3) is 10.2 Å². The molecule has 0 saturated carbocycles. The number of piperidine rings is 1. The van der Waals surface area contributed by atoms with Gasteiger partial charge in [0.05, 0.1) is 0 Å². The first-order chi connectivity index (χ1) is 6.20. The minimum absolute atomic E-state index is 0.161. The smallest absolute Gasteiger partial charge is 0.279 e. The predicted octanol–water partition coefficient (Wildman–Crippen LogP) is -1.11. The Morgan fingerprint density at radius 3 is 2.69 bits per heavy atom. The lowest BCUT2D eigenvalue weighted by Gasteiger charge is -2.29. The summed E-state index contributed by atoms with van der Waals surface area (Å²) in [5.74, 6) is 0. The second kappa shape index (κ2) is 3.53. The van der Waals surface area contributed by atoms with E-state index in [-0.39, 0.29) is 6.04 Å². The fourth-order valence-electron chi connectivity index (χ4n) is 1.95. The van der Waals surface area contributed by atoms with Crippen molar-refractivity contribution in [2.24, 2.45) is 0 Å². The first kappa shape index (κ1) is 9.39. The van der Waals surface area contributed by atoms with Crippen molar-refractivity contribution in [2.75, 3.05) is 26.2 Å². The molecule has 1 atom stereocenters. The van der Waals surface area contributed by atoms with Crippen LogP contribution >= 0.6 is 0 Å². The minimum Gasteiger partial charge on any atom is -0.315 e. The maximum atomic E-state index is 11.4. The lowest BCUT2D eigenvalue weighted by Crippen LogP contribution is -2.47. The van der Waals surface area contributed by atoms with Gasteiger partial charge < -0.3 is 5.32 Å². The van der Waals surface area contributed by atoms with Crippen molar-refractivity contribution in [1.29, 1.82) is 0 Å². The molecule has 2 rings (SSSR count). The molecular formula is C7H15N3O2S. The third-order valence-corrected chi connectivity index (χ3v) is 4.27. The number of nitrogens with one attached hydrogen (secondary N) is 2. The highest BCUT2D eigenvalue weighted by molar-refractivity contribution is 7.87. The average Bonchev–Trinajstić information content (AvgIpc) is 2.47. The van der Waals surface area contributed by atoms with E-state index in [9.17, 15) is 8.42 Å². The predicted molar refractivity (Wildman–Crippen MR) is 49.5 cm³/mol. The van der Waals surface area contributed by atoms with Gasteiger partial charge in [0.15, 0.2) is 0 Å². The molecule has 2 aliphatic rings. The minimum atomic E-state index is -3.14. The fourth-order valence-corrected chi connectivity index (χ4v) is 3.37. The molecule has 1 unspecified atom stereocenters. The van der Waals surface area contributed by atoms with E-state index in [0.29, 0.717) is 13.1 Å². The highest BCUT2D eigenvalue weighted by Crippen LogP contribution is 2.15. The van der Waals surface area contributed by atoms with E-state index in [2.05, 4.69) is 10.0 Å². The normalized spacial score (nSPS) is 34.9. The van der Waals surface area contributed by atoms with Crippen molar-refractivity contribution in [3.05, 3.63) is 0 Å². The Kier molecular flexibility index (Phi) is 2.55. The molecule has 6 heteroatoms. The van der Waals surface area contributed by atoms with Gasteiger partial charge in [0, 0.05) is 25.7 Å². The molecule has 2 fully saturated rings. The van der Waals surface area contributed by atoms with Crippen LogP contribution < -0.4 is 10.0 Å². The molecule has 0 radical (unpaired) electrons. The van der Waals surface area contributed by atoms with Gasteiger partial charge in [0.2, 0.25) is 0 Å². The van der Waals surface area contributed by atoms with Gasteiger partial charge in [-0.1, -0.05) is 0 Å². The zero-order valence-electron chi connectivity index (χ0n) is 7.49. The highest BCUT2D eigenvalue weighted by Gasteiger charge is 2.34. The van der Waals surface area contributed by atoms with Gasteiger partial charge in [-0.3, -0.25) is 0 Å². The van der Waals surface area contributed by atoms with Crippen LogP contribution in [0, 0.1) is 0 Å². The van der Waals surface area contributed by atoms with Gasteiger partial charge in [-0.15, -0.1) is 0 Å². The Balaban J connectivity index is 2.07. The van der Waals surface area contributed by atoms with Crippen LogP contribution in [0.3, 0.4) is 0 Å². The van der Waals surface area contributed by atoms with Gasteiger partial charge in [0.1, 0.15) is 0 Å². The van der Waals surface area contributed by atoms with E-state index in [1.54, 1.807) is 4.31 Å². The monoisotopic (exact) mass is 205 g/mol. The third-order valence-electron chi connectivity index (χ3n) is 2.60. The molecular weight excluding hydrogens is 190 g/mol. The summed E-state index contributed by atoms with van der Waals surface area (Å²) in [7, 11) is -3.14. The standard InChI is InChI=1S/C7H15N3O2S/c11-13(12)9-4-5-10(13)7-2-1-3-8-6-7/h7-9H,1-6H2. The Hall–Kier alpha value is -0.170. The van der Waals surface area contributed by atoms with Crippen molar-refractivity contribution in [1.82, 2.24) is 14.3 Å². The summed E-state index contributed by atoms with van der Waals surface area (Å²) in [6, 6.07) is 0.161. The highest BCUT2D eigenvalue weighted by atomic mass is 32.2. The maximum Gasteiger partial charge on any atom is 0.279 e. The van der Waals surface area contributed by atoms with Crippen molar-refractivity contribution >= 4 is 10.2 Å². The van der Waals surface area contributed by atoms with E-state index in [1.165, 1.54) is 0 Å². The topological polar surface area (TPSA) is 61.4 Å². The van der Waals surface area contributed by atoms with Gasteiger partial charge in [-0.25, -0.2) is 4.72 Å². The molecule has 0 aromatic heterocycles. The van der Waals surface area contributed by atoms with E-state index in [1.807, 2.05) is 0 Å². The van der Waals surface area contributed by atoms with Crippen LogP contribution in [0.25, 0.3) is 0 Å². The molecule has 5 nitrogen and oxygen atoms in total. The lowest BCUT2D eigenvalue weighted by molar-refractivity contribution is 0.284. The van der Waals surface area contributed by atoms with Crippen molar-refractivity contribution in [2.45, 2.75) is 18.9 Å². The number of nitrogens with zero attached hydrogens (tertiary/aromatic N) is 1. The Morgan fingerprint density at radius 2 is 2.15 bits per heavy atom. The number of hydrogen-bond donors (Lipinski definition) is 2. The van der Waals surface area contributed by atoms with Gasteiger partial charge in [-0.05, 0) is 19.4 Å². The van der Waals surface area contributed by atoms with Crippen LogP contribution in [0.2, 0.25) is 0 Å². The summed E-state index contributed by atoms with van der Waals surface area (Å²) in [4.78, 5) is 0. The summed E-state index contributed by atoms with van der Waals surface area (Å²) in [5, 5.41) is 3.22. The van der Waals surface area contributed by atoms with E-state index in [4.69, 9.17) is 0 Å². The largest absolute Gasteiger partial charge is 0.315 e. The zero-order valence-corrected chi connectivity index (χ0v) is 8.31. The molecule has 2 saturated heterocycles. The SMILES string of the molecule is O=S1(=O)NCCN1C1CCCNC1. The molecule has 0 aromatic rings. The Morgan fingerprint density at radius 1 is 1.31 bits per heavy atom. The van der Waals surface area contributed by atoms with Crippen LogP contribution in [-0.4, -0.2) is 44.9 Å². The average molecular weight is 205 g/mol. The summed E-state index contributed by atoms with van der Waals surface area (Å²) in [6.45, 7) is 2.98. The Labute approximate surface area is 78.7 Å². The van der Waals surface area contributed by atoms with Crippen LogP contribution in [0.5, 0.6) is 0 Å². The quantitative estimate of drug-likeness (QED) is 0.570. The zero-order chi connectivity index (χ0) is 9.31. The first-order valence-corrected chi connectivity index (χ1v) is 6.11. The van der Waals surface area contributed by atoms with Crippen LogP contribution in [0.4, 0.5) is 0 Å². The maximum absolute atomic E-state index is 11.4. The first-order valence-electron chi connectivity index (χ1n) is 4.67. The summed E-state index contributed by atoms with van der Waals surface area (Å²) in [6.07, 6.45) is 2.05. The molecule has 0 amide bonds. The summed E-state index contributed by atoms with van der Waals surface area (Å²) in [5.41, 5.74) is 0. The second-order valence-electron chi connectivity index (χ2n) is 3.51. The van der Waals surface area contributed by atoms with E-state index >= 15 is 0 Å². The molecule has 0 aromatic carbocycles. The van der Waals surface area contributed by atoms with Crippen molar-refractivity contribution < 1.29 is 8.42 Å². The molecule has 2 heterocycles. The Bertz CT molecular complexity index is 271. The number of rotatable bonds is 1. The van der Waals surface area contributed by atoms with Crippen LogP contribution in [-0.2, 0) is 10.2 Å². The molecule has 76 valence electrons. The van der Waals surface area contributed by atoms with E-state index in [0.717, 1.165) is 25.9 Å². The van der Waals surface area contributed by atoms with Crippen molar-refractivity contribution in [3.8, 4) is 0 Å². The van der Waals surface area contributed by atoms with Crippen molar-refractivity contribution in [3.63, 3.8) is 0 Å². The molecule has 2 N–H and O–H groups in total. The molecule has 0 aliphatic carbocycles. The summed E-state index contributed by atoms with van der Waals surface area (Å²) < 4.78 is 27.0. The van der Waals surface area contributed by atoms with E-state index < -0.39 is 10.2 Å². The van der Waals surface area contributed by atoms with Gasteiger partial charge >= 0.3 is 0 Å². The van der Waals surface area contributed by atoms with Crippen LogP contribution in [0.15, 0.2) is 0 Å². The fraction of sp³-hybridized carbons (Fsp3) is 1.00. The number of hydrogen-bond acceptors (Lipinski definition) is 3. The molecule has 0 spiro atoms. The summed E-state index contributed by atoms with van der Waals surface area (Å²) >= 11 is 0. The third kappa shape index (κ3) is 1.85. The molecule has 13 heavy (non-hydrogen) atoms. The van der Waals surface area contributed by atoms with Crippen LogP contribution in [0.1, 0.15) is 12.8 Å². The lowest BCUT2D eigenvalue weighted by atomic mass is 10.1.